The number of nitrogens with zero attached hydrogens (tertiary/aromatic N) is 1. The van der Waals surface area contributed by atoms with E-state index in [-0.39, 0.29) is 6.61 Å². The molecule has 0 atom stereocenters. The first-order chi connectivity index (χ1) is 10.7. The smallest absolute Gasteiger partial charge is 0.162 e. The first kappa shape index (κ1) is 14.7. The monoisotopic (exact) mass is 317 g/mol. The van der Waals surface area contributed by atoms with Crippen LogP contribution in [0.2, 0.25) is 5.02 Å². The van der Waals surface area contributed by atoms with Gasteiger partial charge in [-0.2, -0.15) is 0 Å². The summed E-state index contributed by atoms with van der Waals surface area (Å²) in [6.45, 7) is 4.46. The summed E-state index contributed by atoms with van der Waals surface area (Å²) in [4.78, 5) is 3.23. The van der Waals surface area contributed by atoms with E-state index in [4.69, 9.17) is 21.2 Å². The van der Waals surface area contributed by atoms with Crippen molar-refractivity contribution in [2.75, 3.05) is 6.54 Å². The molecule has 0 aliphatic carbocycles. The summed E-state index contributed by atoms with van der Waals surface area (Å²) in [6.07, 6.45) is 2.81. The summed E-state index contributed by atoms with van der Waals surface area (Å²) in [6, 6.07) is 7.47. The standard InChI is InChI=1S/C16H16ClN3O2/c1-10(16-7-13(9-21)22-20-16)18-5-4-11-8-19-15-3-2-12(17)6-14(11)15/h2-3,6-8,18-19,21H,1,4-5,9H2. The third-order valence-corrected chi connectivity index (χ3v) is 3.72. The number of aromatic amines is 1. The zero-order chi connectivity index (χ0) is 15.5. The second-order valence-electron chi connectivity index (χ2n) is 5.00. The minimum Gasteiger partial charge on any atom is -0.388 e. The van der Waals surface area contributed by atoms with Gasteiger partial charge in [-0.3, -0.25) is 0 Å². The maximum atomic E-state index is 8.96. The Labute approximate surface area is 132 Å². The van der Waals surface area contributed by atoms with Crippen LogP contribution in [0.3, 0.4) is 0 Å². The van der Waals surface area contributed by atoms with Crippen LogP contribution in [0.4, 0.5) is 0 Å². The van der Waals surface area contributed by atoms with Gasteiger partial charge in [0.15, 0.2) is 5.76 Å². The van der Waals surface area contributed by atoms with Gasteiger partial charge in [-0.25, -0.2) is 0 Å². The van der Waals surface area contributed by atoms with Gasteiger partial charge in [-0.05, 0) is 30.2 Å². The Balaban J connectivity index is 1.62. The van der Waals surface area contributed by atoms with E-state index in [0.29, 0.717) is 23.7 Å². The third kappa shape index (κ3) is 3.00. The molecule has 0 radical (unpaired) electrons. The fourth-order valence-corrected chi connectivity index (χ4v) is 2.50. The Bertz CT molecular complexity index is 807. The molecule has 3 N–H and O–H groups in total. The highest BCUT2D eigenvalue weighted by Gasteiger charge is 2.08. The Morgan fingerprint density at radius 3 is 3.05 bits per heavy atom. The van der Waals surface area contributed by atoms with E-state index >= 15 is 0 Å². The van der Waals surface area contributed by atoms with Gasteiger partial charge in [0.1, 0.15) is 12.3 Å². The van der Waals surface area contributed by atoms with Gasteiger partial charge in [-0.15, -0.1) is 0 Å². The molecular weight excluding hydrogens is 302 g/mol. The molecule has 114 valence electrons. The van der Waals surface area contributed by atoms with Crippen LogP contribution in [0.25, 0.3) is 16.6 Å². The SMILES string of the molecule is C=C(NCCc1c[nH]c2ccc(Cl)cc12)c1cc(CO)on1. The van der Waals surface area contributed by atoms with Gasteiger partial charge in [0.05, 0.1) is 5.70 Å². The number of hydrogen-bond acceptors (Lipinski definition) is 4. The summed E-state index contributed by atoms with van der Waals surface area (Å²) in [7, 11) is 0. The van der Waals surface area contributed by atoms with E-state index in [1.54, 1.807) is 6.07 Å². The second-order valence-corrected chi connectivity index (χ2v) is 5.43. The average Bonchev–Trinajstić information content (AvgIpc) is 3.14. The molecule has 5 nitrogen and oxygen atoms in total. The molecule has 0 fully saturated rings. The summed E-state index contributed by atoms with van der Waals surface area (Å²) in [5, 5.41) is 17.9. The number of aromatic nitrogens is 2. The fourth-order valence-electron chi connectivity index (χ4n) is 2.33. The molecule has 2 heterocycles. The highest BCUT2D eigenvalue weighted by molar-refractivity contribution is 6.31. The number of aliphatic hydroxyl groups is 1. The minimum absolute atomic E-state index is 0.170. The molecule has 0 saturated carbocycles. The second kappa shape index (κ2) is 6.25. The van der Waals surface area contributed by atoms with Crippen LogP contribution in [0.5, 0.6) is 0 Å². The van der Waals surface area contributed by atoms with E-state index in [9.17, 15) is 0 Å². The van der Waals surface area contributed by atoms with Crippen LogP contribution in [-0.2, 0) is 13.0 Å². The summed E-state index contributed by atoms with van der Waals surface area (Å²) in [5.74, 6) is 0.421. The maximum absolute atomic E-state index is 8.96. The highest BCUT2D eigenvalue weighted by atomic mass is 35.5. The molecule has 6 heteroatoms. The van der Waals surface area contributed by atoms with Crippen LogP contribution in [0.15, 0.2) is 41.6 Å². The lowest BCUT2D eigenvalue weighted by Gasteiger charge is -2.06. The van der Waals surface area contributed by atoms with Crippen molar-refractivity contribution in [2.45, 2.75) is 13.0 Å². The van der Waals surface area contributed by atoms with E-state index in [0.717, 1.165) is 22.3 Å². The molecule has 0 aliphatic heterocycles. The number of aliphatic hydroxyl groups excluding tert-OH is 1. The number of halogens is 1. The van der Waals surface area contributed by atoms with Gasteiger partial charge in [0, 0.05) is 34.7 Å². The van der Waals surface area contributed by atoms with Gasteiger partial charge in [-0.1, -0.05) is 23.3 Å². The van der Waals surface area contributed by atoms with E-state index in [1.165, 1.54) is 5.56 Å². The lowest BCUT2D eigenvalue weighted by atomic mass is 10.1. The zero-order valence-electron chi connectivity index (χ0n) is 11.9. The van der Waals surface area contributed by atoms with Crippen molar-refractivity contribution in [2.24, 2.45) is 0 Å². The number of nitrogens with one attached hydrogen (secondary N) is 2. The van der Waals surface area contributed by atoms with Crippen LogP contribution in [-0.4, -0.2) is 21.8 Å². The Morgan fingerprint density at radius 1 is 1.41 bits per heavy atom. The maximum Gasteiger partial charge on any atom is 0.162 e. The lowest BCUT2D eigenvalue weighted by Crippen LogP contribution is -2.15. The van der Waals surface area contributed by atoms with Crippen LogP contribution in [0.1, 0.15) is 17.0 Å². The molecule has 0 amide bonds. The lowest BCUT2D eigenvalue weighted by molar-refractivity contribution is 0.229. The van der Waals surface area contributed by atoms with Crippen molar-refractivity contribution in [3.63, 3.8) is 0 Å². The topological polar surface area (TPSA) is 74.1 Å². The first-order valence-electron chi connectivity index (χ1n) is 6.92. The van der Waals surface area contributed by atoms with E-state index in [2.05, 4.69) is 22.0 Å². The number of benzene rings is 1. The fraction of sp³-hybridized carbons (Fsp3) is 0.188. The zero-order valence-corrected chi connectivity index (χ0v) is 12.7. The van der Waals surface area contributed by atoms with Crippen molar-refractivity contribution in [3.8, 4) is 0 Å². The molecule has 1 aromatic carbocycles. The predicted molar refractivity (Wildman–Crippen MR) is 86.5 cm³/mol. The number of hydrogen-bond donors (Lipinski definition) is 3. The Hall–Kier alpha value is -2.24. The number of H-pyrrole nitrogens is 1. The Morgan fingerprint density at radius 2 is 2.27 bits per heavy atom. The molecule has 0 spiro atoms. The van der Waals surface area contributed by atoms with Crippen LogP contribution in [0, 0.1) is 0 Å². The van der Waals surface area contributed by atoms with Crippen molar-refractivity contribution in [3.05, 3.63) is 59.1 Å². The number of fused-ring (bicyclic) bond motifs is 1. The quantitative estimate of drug-likeness (QED) is 0.653. The average molecular weight is 318 g/mol. The molecular formula is C16H16ClN3O2. The molecule has 3 rings (SSSR count). The van der Waals surface area contributed by atoms with Gasteiger partial charge < -0.3 is 19.9 Å². The molecule has 3 aromatic rings. The Kier molecular flexibility index (Phi) is 4.18. The van der Waals surface area contributed by atoms with Crippen LogP contribution >= 0.6 is 11.6 Å². The van der Waals surface area contributed by atoms with Gasteiger partial charge >= 0.3 is 0 Å². The van der Waals surface area contributed by atoms with Crippen molar-refractivity contribution in [1.29, 1.82) is 0 Å². The molecule has 2 aromatic heterocycles. The number of rotatable bonds is 6. The summed E-state index contributed by atoms with van der Waals surface area (Å²) < 4.78 is 4.94. The molecule has 0 aliphatic rings. The van der Waals surface area contributed by atoms with E-state index in [1.807, 2.05) is 24.4 Å². The molecule has 0 saturated heterocycles. The normalized spacial score (nSPS) is 11.0. The van der Waals surface area contributed by atoms with Gasteiger partial charge in [0.2, 0.25) is 0 Å². The van der Waals surface area contributed by atoms with Crippen molar-refractivity contribution >= 4 is 28.2 Å². The third-order valence-electron chi connectivity index (χ3n) is 3.49. The van der Waals surface area contributed by atoms with E-state index < -0.39 is 0 Å². The largest absolute Gasteiger partial charge is 0.388 e. The van der Waals surface area contributed by atoms with Crippen molar-refractivity contribution in [1.82, 2.24) is 15.5 Å². The molecule has 22 heavy (non-hydrogen) atoms. The van der Waals surface area contributed by atoms with Crippen LogP contribution < -0.4 is 5.32 Å². The highest BCUT2D eigenvalue weighted by Crippen LogP contribution is 2.22. The summed E-state index contributed by atoms with van der Waals surface area (Å²) >= 11 is 6.05. The summed E-state index contributed by atoms with van der Waals surface area (Å²) in [5.41, 5.74) is 3.53. The minimum atomic E-state index is -0.170. The molecule has 0 bridgehead atoms. The van der Waals surface area contributed by atoms with Crippen molar-refractivity contribution < 1.29 is 9.63 Å². The molecule has 0 unspecified atom stereocenters. The first-order valence-corrected chi connectivity index (χ1v) is 7.30. The van der Waals surface area contributed by atoms with Gasteiger partial charge in [0.25, 0.3) is 0 Å². The predicted octanol–water partition coefficient (Wildman–Crippen LogP) is 3.10.